The van der Waals surface area contributed by atoms with Gasteiger partial charge in [-0.05, 0) is 67.4 Å². The number of H-pyrrole nitrogens is 1. The van der Waals surface area contributed by atoms with Crippen molar-refractivity contribution >= 4 is 11.6 Å². The number of ether oxygens (including phenoxy) is 2. The summed E-state index contributed by atoms with van der Waals surface area (Å²) in [5.74, 6) is -1.42. The fraction of sp³-hybridized carbons (Fsp3) is 0.226. The first-order chi connectivity index (χ1) is 20.2. The Hall–Kier alpha value is -4.74. The van der Waals surface area contributed by atoms with Crippen molar-refractivity contribution in [3.63, 3.8) is 0 Å². The summed E-state index contributed by atoms with van der Waals surface area (Å²) in [5.41, 5.74) is -1.59. The van der Waals surface area contributed by atoms with Gasteiger partial charge in [-0.15, -0.1) is 13.2 Å². The van der Waals surface area contributed by atoms with E-state index in [2.05, 4.69) is 15.0 Å². The summed E-state index contributed by atoms with van der Waals surface area (Å²) in [6.45, 7) is 3.97. The van der Waals surface area contributed by atoms with Crippen LogP contribution in [0.4, 0.5) is 32.0 Å². The van der Waals surface area contributed by atoms with E-state index in [0.29, 0.717) is 12.0 Å². The number of benzene rings is 3. The van der Waals surface area contributed by atoms with E-state index in [1.54, 1.807) is 24.3 Å². The summed E-state index contributed by atoms with van der Waals surface area (Å²) in [7, 11) is 0. The number of carbonyl (C=O) groups excluding carboxylic acids is 1. The molecule has 0 saturated carbocycles. The van der Waals surface area contributed by atoms with Crippen molar-refractivity contribution in [3.05, 3.63) is 99.8 Å². The Morgan fingerprint density at radius 1 is 0.860 bits per heavy atom. The molecule has 0 unspecified atom stereocenters. The van der Waals surface area contributed by atoms with Crippen LogP contribution in [0.15, 0.2) is 77.6 Å². The largest absolute Gasteiger partial charge is 0.573 e. The Labute approximate surface area is 242 Å². The fourth-order valence-electron chi connectivity index (χ4n) is 4.24. The second kappa shape index (κ2) is 12.6. The van der Waals surface area contributed by atoms with Gasteiger partial charge >= 0.3 is 12.5 Å². The molecule has 0 spiro atoms. The molecule has 6 nitrogen and oxygen atoms in total. The van der Waals surface area contributed by atoms with Gasteiger partial charge in [0.1, 0.15) is 17.1 Å². The molecule has 0 aliphatic rings. The van der Waals surface area contributed by atoms with Gasteiger partial charge in [-0.3, -0.25) is 9.59 Å². The number of pyridine rings is 1. The Kier molecular flexibility index (Phi) is 9.17. The summed E-state index contributed by atoms with van der Waals surface area (Å²) >= 11 is 0. The quantitative estimate of drug-likeness (QED) is 0.149. The number of aromatic nitrogens is 1. The maximum absolute atomic E-state index is 14.2. The fourth-order valence-corrected chi connectivity index (χ4v) is 4.24. The molecule has 0 saturated heterocycles. The van der Waals surface area contributed by atoms with Crippen molar-refractivity contribution in [3.8, 4) is 33.9 Å². The zero-order valence-corrected chi connectivity index (χ0v) is 23.0. The molecule has 43 heavy (non-hydrogen) atoms. The second-order valence-corrected chi connectivity index (χ2v) is 9.60. The standard InChI is InChI=1S/C31H26F6N2O4/c1-3-4-15-42-22-13-14-23(25(16-22)30(32,33)34)26-17-24(19-7-5-18(2)6-8-19)27(29(41)39-26)28(40)38-20-9-11-21(12-10-20)43-31(35,36)37/h5-14,16-17H,3-4,15H2,1-2H3,(H,38,40)(H,39,41). The Bertz CT molecular complexity index is 1640. The minimum Gasteiger partial charge on any atom is -0.494 e. The molecule has 0 fully saturated rings. The van der Waals surface area contributed by atoms with Crippen LogP contribution in [-0.2, 0) is 6.18 Å². The van der Waals surface area contributed by atoms with E-state index in [1.165, 1.54) is 18.2 Å². The molecule has 1 amide bonds. The van der Waals surface area contributed by atoms with E-state index in [1.807, 2.05) is 13.8 Å². The lowest BCUT2D eigenvalue weighted by Crippen LogP contribution is -2.25. The Morgan fingerprint density at radius 3 is 2.12 bits per heavy atom. The van der Waals surface area contributed by atoms with Crippen LogP contribution in [0.2, 0.25) is 0 Å². The Balaban J connectivity index is 1.78. The van der Waals surface area contributed by atoms with Crippen molar-refractivity contribution in [2.45, 2.75) is 39.2 Å². The highest BCUT2D eigenvalue weighted by molar-refractivity contribution is 6.08. The minimum atomic E-state index is -4.91. The maximum Gasteiger partial charge on any atom is 0.573 e. The van der Waals surface area contributed by atoms with Crippen molar-refractivity contribution in [1.29, 1.82) is 0 Å². The van der Waals surface area contributed by atoms with Gasteiger partial charge in [-0.2, -0.15) is 13.2 Å². The van der Waals surface area contributed by atoms with Crippen LogP contribution in [0.25, 0.3) is 22.4 Å². The van der Waals surface area contributed by atoms with Crippen LogP contribution < -0.4 is 20.3 Å². The van der Waals surface area contributed by atoms with Crippen LogP contribution in [0, 0.1) is 6.92 Å². The van der Waals surface area contributed by atoms with Gasteiger partial charge in [0, 0.05) is 22.5 Å². The van der Waals surface area contributed by atoms with Gasteiger partial charge in [0.05, 0.1) is 12.2 Å². The number of anilines is 1. The third-order valence-corrected chi connectivity index (χ3v) is 6.32. The van der Waals surface area contributed by atoms with E-state index in [4.69, 9.17) is 4.74 Å². The average Bonchev–Trinajstić information content (AvgIpc) is 2.93. The predicted molar refractivity (Wildman–Crippen MR) is 149 cm³/mol. The normalized spacial score (nSPS) is 11.7. The molecule has 4 rings (SSSR count). The number of aromatic amines is 1. The first-order valence-electron chi connectivity index (χ1n) is 13.1. The Morgan fingerprint density at radius 2 is 1.51 bits per heavy atom. The highest BCUT2D eigenvalue weighted by Crippen LogP contribution is 2.39. The molecule has 226 valence electrons. The van der Waals surface area contributed by atoms with Gasteiger partial charge in [0.25, 0.3) is 11.5 Å². The van der Waals surface area contributed by atoms with E-state index in [9.17, 15) is 35.9 Å². The van der Waals surface area contributed by atoms with Gasteiger partial charge in [0.15, 0.2) is 0 Å². The number of rotatable bonds is 9. The van der Waals surface area contributed by atoms with Crippen molar-refractivity contribution in [1.82, 2.24) is 4.98 Å². The monoisotopic (exact) mass is 604 g/mol. The molecule has 4 aromatic rings. The van der Waals surface area contributed by atoms with Crippen LogP contribution in [0.5, 0.6) is 11.5 Å². The third-order valence-electron chi connectivity index (χ3n) is 6.32. The van der Waals surface area contributed by atoms with E-state index in [0.717, 1.165) is 42.3 Å². The number of unbranched alkanes of at least 4 members (excludes halogenated alkanes) is 1. The summed E-state index contributed by atoms with van der Waals surface area (Å²) < 4.78 is 89.2. The molecule has 0 atom stereocenters. The van der Waals surface area contributed by atoms with Crippen LogP contribution >= 0.6 is 0 Å². The first-order valence-corrected chi connectivity index (χ1v) is 13.1. The SMILES string of the molecule is CCCCOc1ccc(-c2cc(-c3ccc(C)cc3)c(C(=O)Nc3ccc(OC(F)(F)F)cc3)c(=O)[nH]2)c(C(F)(F)F)c1. The van der Waals surface area contributed by atoms with Crippen LogP contribution in [-0.4, -0.2) is 23.9 Å². The van der Waals surface area contributed by atoms with Gasteiger partial charge < -0.3 is 19.8 Å². The third kappa shape index (κ3) is 7.97. The highest BCUT2D eigenvalue weighted by atomic mass is 19.4. The minimum absolute atomic E-state index is 0.0216. The number of hydrogen-bond donors (Lipinski definition) is 2. The summed E-state index contributed by atoms with van der Waals surface area (Å²) in [6, 6.07) is 15.6. The topological polar surface area (TPSA) is 80.4 Å². The second-order valence-electron chi connectivity index (χ2n) is 9.60. The summed E-state index contributed by atoms with van der Waals surface area (Å²) in [5, 5.41) is 2.45. The summed E-state index contributed by atoms with van der Waals surface area (Å²) in [6.07, 6.45) is -8.24. The number of halogens is 6. The lowest BCUT2D eigenvalue weighted by atomic mass is 9.95. The first kappa shape index (κ1) is 31.2. The molecule has 0 radical (unpaired) electrons. The van der Waals surface area contributed by atoms with E-state index < -0.39 is 40.9 Å². The number of hydrogen-bond acceptors (Lipinski definition) is 4. The number of amides is 1. The van der Waals surface area contributed by atoms with E-state index in [-0.39, 0.29) is 34.9 Å². The van der Waals surface area contributed by atoms with E-state index >= 15 is 0 Å². The van der Waals surface area contributed by atoms with Gasteiger partial charge in [-0.1, -0.05) is 43.2 Å². The molecule has 0 bridgehead atoms. The van der Waals surface area contributed by atoms with Crippen molar-refractivity contribution in [2.24, 2.45) is 0 Å². The maximum atomic E-state index is 14.2. The van der Waals surface area contributed by atoms with Crippen molar-refractivity contribution in [2.75, 3.05) is 11.9 Å². The lowest BCUT2D eigenvalue weighted by molar-refractivity contribution is -0.274. The number of aryl methyl sites for hydroxylation is 1. The average molecular weight is 605 g/mol. The predicted octanol–water partition coefficient (Wildman–Crippen LogP) is 8.37. The van der Waals surface area contributed by atoms with Crippen molar-refractivity contribution < 1.29 is 40.6 Å². The molecular formula is C31H26F6N2O4. The van der Waals surface area contributed by atoms with Crippen LogP contribution in [0.1, 0.15) is 41.3 Å². The van der Waals surface area contributed by atoms with Gasteiger partial charge in [0.2, 0.25) is 0 Å². The molecule has 3 aromatic carbocycles. The lowest BCUT2D eigenvalue weighted by Gasteiger charge is -2.17. The van der Waals surface area contributed by atoms with Crippen LogP contribution in [0.3, 0.4) is 0 Å². The van der Waals surface area contributed by atoms with Gasteiger partial charge in [-0.25, -0.2) is 0 Å². The number of alkyl halides is 6. The molecule has 0 aliphatic heterocycles. The smallest absolute Gasteiger partial charge is 0.494 e. The number of carbonyl (C=O) groups is 1. The highest BCUT2D eigenvalue weighted by Gasteiger charge is 2.35. The number of nitrogens with one attached hydrogen (secondary N) is 2. The molecule has 1 heterocycles. The molecule has 12 heteroatoms. The zero-order chi connectivity index (χ0) is 31.4. The molecule has 1 aromatic heterocycles. The molecular weight excluding hydrogens is 578 g/mol. The molecule has 2 N–H and O–H groups in total. The zero-order valence-electron chi connectivity index (χ0n) is 23.0. The molecule has 0 aliphatic carbocycles. The summed E-state index contributed by atoms with van der Waals surface area (Å²) in [4.78, 5) is 29.1.